The van der Waals surface area contributed by atoms with Crippen molar-refractivity contribution < 1.29 is 24.9 Å². The molecule has 1 unspecified atom stereocenters. The van der Waals surface area contributed by atoms with E-state index in [0.29, 0.717) is 6.42 Å². The standard InChI is InChI=1S/C14H21N3O6/c1-7(2)5-10(19)15-9-3-4-17(14(22)16-9)13-12(21)11(20)8(6-18)23-13/h3-4,7-8,11-13,18,20-21H,5-6H2,1-2H3,(H,15,16,19,22)/t8-,11?,12-,13-/m1/s1. The van der Waals surface area contributed by atoms with Gasteiger partial charge >= 0.3 is 5.69 Å². The molecule has 1 amide bonds. The number of aliphatic hydroxyl groups is 3. The van der Waals surface area contributed by atoms with Crippen molar-refractivity contribution in [3.8, 4) is 0 Å². The maximum atomic E-state index is 12.0. The molecule has 4 N–H and O–H groups in total. The van der Waals surface area contributed by atoms with Crippen LogP contribution in [0.1, 0.15) is 26.5 Å². The average Bonchev–Trinajstić information content (AvgIpc) is 2.74. The summed E-state index contributed by atoms with van der Waals surface area (Å²) in [5.74, 6) is 0.0236. The lowest BCUT2D eigenvalue weighted by Gasteiger charge is -2.17. The Morgan fingerprint density at radius 1 is 1.43 bits per heavy atom. The molecular formula is C14H21N3O6. The fourth-order valence-corrected chi connectivity index (χ4v) is 2.35. The summed E-state index contributed by atoms with van der Waals surface area (Å²) in [5, 5.41) is 31.2. The molecule has 0 saturated carbocycles. The third-order valence-electron chi connectivity index (χ3n) is 3.48. The molecule has 0 radical (unpaired) electrons. The second kappa shape index (κ2) is 7.18. The Labute approximate surface area is 132 Å². The molecule has 2 heterocycles. The molecule has 0 spiro atoms. The highest BCUT2D eigenvalue weighted by Crippen LogP contribution is 2.28. The lowest BCUT2D eigenvalue weighted by atomic mass is 10.1. The summed E-state index contributed by atoms with van der Waals surface area (Å²) in [6.07, 6.45) is -3.19. The summed E-state index contributed by atoms with van der Waals surface area (Å²) in [4.78, 5) is 27.4. The zero-order valence-electron chi connectivity index (χ0n) is 12.9. The van der Waals surface area contributed by atoms with E-state index < -0.39 is 36.8 Å². The molecule has 9 heteroatoms. The van der Waals surface area contributed by atoms with Crippen LogP contribution >= 0.6 is 0 Å². The van der Waals surface area contributed by atoms with E-state index in [0.717, 1.165) is 4.57 Å². The number of carbonyl (C=O) groups is 1. The quantitative estimate of drug-likeness (QED) is 0.536. The van der Waals surface area contributed by atoms with E-state index in [4.69, 9.17) is 9.84 Å². The molecule has 0 aromatic carbocycles. The average molecular weight is 327 g/mol. The molecule has 4 atom stereocenters. The molecule has 1 aromatic heterocycles. The number of amides is 1. The fourth-order valence-electron chi connectivity index (χ4n) is 2.35. The van der Waals surface area contributed by atoms with Gasteiger partial charge in [-0.05, 0) is 12.0 Å². The van der Waals surface area contributed by atoms with Crippen LogP contribution in [0.25, 0.3) is 0 Å². The minimum absolute atomic E-state index is 0.101. The van der Waals surface area contributed by atoms with Crippen LogP contribution < -0.4 is 11.0 Å². The number of ether oxygens (including phenoxy) is 1. The van der Waals surface area contributed by atoms with Crippen molar-refractivity contribution in [2.75, 3.05) is 11.9 Å². The Morgan fingerprint density at radius 2 is 2.13 bits per heavy atom. The Bertz CT molecular complexity index is 617. The zero-order chi connectivity index (χ0) is 17.1. The van der Waals surface area contributed by atoms with Crippen molar-refractivity contribution in [2.24, 2.45) is 5.92 Å². The summed E-state index contributed by atoms with van der Waals surface area (Å²) in [5.41, 5.74) is -0.748. The number of aromatic nitrogens is 2. The van der Waals surface area contributed by atoms with Gasteiger partial charge in [0.2, 0.25) is 5.91 Å². The normalized spacial score (nSPS) is 27.4. The van der Waals surface area contributed by atoms with Crippen LogP contribution in [-0.2, 0) is 9.53 Å². The predicted molar refractivity (Wildman–Crippen MR) is 79.6 cm³/mol. The topological polar surface area (TPSA) is 134 Å². The molecule has 23 heavy (non-hydrogen) atoms. The largest absolute Gasteiger partial charge is 0.394 e. The minimum atomic E-state index is -1.37. The van der Waals surface area contributed by atoms with E-state index in [2.05, 4.69) is 10.3 Å². The molecule has 2 rings (SSSR count). The first-order chi connectivity index (χ1) is 10.8. The van der Waals surface area contributed by atoms with Gasteiger partial charge in [0.1, 0.15) is 24.1 Å². The zero-order valence-corrected chi connectivity index (χ0v) is 12.9. The molecule has 0 bridgehead atoms. The van der Waals surface area contributed by atoms with Gasteiger partial charge in [0.25, 0.3) is 0 Å². The second-order valence-corrected chi connectivity index (χ2v) is 5.88. The Hall–Kier alpha value is -1.81. The summed E-state index contributed by atoms with van der Waals surface area (Å²) in [6, 6.07) is 1.40. The van der Waals surface area contributed by atoms with Crippen LogP contribution in [0.15, 0.2) is 17.1 Å². The smallest absolute Gasteiger partial charge is 0.351 e. The third-order valence-corrected chi connectivity index (χ3v) is 3.48. The van der Waals surface area contributed by atoms with Crippen molar-refractivity contribution in [3.63, 3.8) is 0 Å². The highest BCUT2D eigenvalue weighted by molar-refractivity contribution is 5.89. The van der Waals surface area contributed by atoms with E-state index in [1.165, 1.54) is 12.3 Å². The summed E-state index contributed by atoms with van der Waals surface area (Å²) >= 11 is 0. The maximum Gasteiger partial charge on any atom is 0.351 e. The van der Waals surface area contributed by atoms with Crippen molar-refractivity contribution in [2.45, 2.75) is 44.8 Å². The van der Waals surface area contributed by atoms with Gasteiger partial charge in [-0.1, -0.05) is 13.8 Å². The van der Waals surface area contributed by atoms with Crippen molar-refractivity contribution in [3.05, 3.63) is 22.7 Å². The van der Waals surface area contributed by atoms with Crippen LogP contribution in [0.5, 0.6) is 0 Å². The summed E-state index contributed by atoms with van der Waals surface area (Å²) in [7, 11) is 0. The van der Waals surface area contributed by atoms with Gasteiger partial charge in [-0.3, -0.25) is 9.36 Å². The highest BCUT2D eigenvalue weighted by atomic mass is 16.6. The number of hydrogen-bond acceptors (Lipinski definition) is 7. The predicted octanol–water partition coefficient (Wildman–Crippen LogP) is -1.16. The third kappa shape index (κ3) is 3.94. The van der Waals surface area contributed by atoms with E-state index in [1.807, 2.05) is 13.8 Å². The Balaban J connectivity index is 2.14. The molecular weight excluding hydrogens is 306 g/mol. The van der Waals surface area contributed by atoms with Crippen LogP contribution in [0.2, 0.25) is 0 Å². The number of carbonyl (C=O) groups excluding carboxylic acids is 1. The maximum absolute atomic E-state index is 12.0. The van der Waals surface area contributed by atoms with E-state index >= 15 is 0 Å². The minimum Gasteiger partial charge on any atom is -0.394 e. The molecule has 1 aliphatic rings. The first-order valence-corrected chi connectivity index (χ1v) is 7.35. The number of aliphatic hydroxyl groups excluding tert-OH is 3. The molecule has 1 fully saturated rings. The number of anilines is 1. The second-order valence-electron chi connectivity index (χ2n) is 5.88. The SMILES string of the molecule is CC(C)CC(=O)Nc1ccn([C@@H]2O[C@H](CO)C(O)[C@H]2O)c(=O)n1. The van der Waals surface area contributed by atoms with E-state index in [1.54, 1.807) is 0 Å². The van der Waals surface area contributed by atoms with Crippen molar-refractivity contribution in [1.82, 2.24) is 9.55 Å². The van der Waals surface area contributed by atoms with E-state index in [-0.39, 0.29) is 17.6 Å². The molecule has 0 aliphatic carbocycles. The van der Waals surface area contributed by atoms with E-state index in [9.17, 15) is 19.8 Å². The van der Waals surface area contributed by atoms with Gasteiger partial charge in [-0.15, -0.1) is 0 Å². The number of rotatable bonds is 5. The number of nitrogens with zero attached hydrogens (tertiary/aromatic N) is 2. The fraction of sp³-hybridized carbons (Fsp3) is 0.643. The number of hydrogen-bond donors (Lipinski definition) is 4. The lowest BCUT2D eigenvalue weighted by molar-refractivity contribution is -0.116. The van der Waals surface area contributed by atoms with Gasteiger partial charge in [0.05, 0.1) is 6.61 Å². The van der Waals surface area contributed by atoms with Crippen LogP contribution in [0, 0.1) is 5.92 Å². The summed E-state index contributed by atoms with van der Waals surface area (Å²) < 4.78 is 6.26. The number of nitrogens with one attached hydrogen (secondary N) is 1. The molecule has 1 saturated heterocycles. The lowest BCUT2D eigenvalue weighted by Crippen LogP contribution is -2.36. The van der Waals surface area contributed by atoms with Gasteiger partial charge in [0, 0.05) is 12.6 Å². The molecule has 1 aliphatic heterocycles. The van der Waals surface area contributed by atoms with Gasteiger partial charge < -0.3 is 25.4 Å². The highest BCUT2D eigenvalue weighted by Gasteiger charge is 2.43. The van der Waals surface area contributed by atoms with Crippen molar-refractivity contribution in [1.29, 1.82) is 0 Å². The summed E-state index contributed by atoms with van der Waals surface area (Å²) in [6.45, 7) is 3.31. The Morgan fingerprint density at radius 3 is 2.65 bits per heavy atom. The first-order valence-electron chi connectivity index (χ1n) is 7.35. The van der Waals surface area contributed by atoms with Crippen LogP contribution in [0.3, 0.4) is 0 Å². The van der Waals surface area contributed by atoms with Crippen LogP contribution in [-0.4, -0.2) is 55.7 Å². The molecule has 1 aromatic rings. The van der Waals surface area contributed by atoms with Gasteiger partial charge in [-0.25, -0.2) is 4.79 Å². The van der Waals surface area contributed by atoms with Crippen LogP contribution in [0.4, 0.5) is 5.82 Å². The van der Waals surface area contributed by atoms with Gasteiger partial charge in [0.15, 0.2) is 6.23 Å². The molecule has 128 valence electrons. The first kappa shape index (κ1) is 17.5. The van der Waals surface area contributed by atoms with Crippen molar-refractivity contribution >= 4 is 11.7 Å². The van der Waals surface area contributed by atoms with Gasteiger partial charge in [-0.2, -0.15) is 4.98 Å². The monoisotopic (exact) mass is 327 g/mol. The Kier molecular flexibility index (Phi) is 5.47. The molecule has 9 nitrogen and oxygen atoms in total.